The molecule has 2 unspecified atom stereocenters. The molecular weight excluding hydrogens is 160 g/mol. The molecule has 3 aliphatic rings. The summed E-state index contributed by atoms with van der Waals surface area (Å²) in [6, 6.07) is 0. The highest BCUT2D eigenvalue weighted by Gasteiger charge is 2.43. The van der Waals surface area contributed by atoms with Crippen molar-refractivity contribution < 1.29 is 4.74 Å². The highest BCUT2D eigenvalue weighted by atomic mass is 16.5. The molecule has 0 saturated heterocycles. The smallest absolute Gasteiger partial charge is 0.109 e. The van der Waals surface area contributed by atoms with Gasteiger partial charge in [0.2, 0.25) is 0 Å². The van der Waals surface area contributed by atoms with E-state index in [4.69, 9.17) is 4.74 Å². The van der Waals surface area contributed by atoms with E-state index in [-0.39, 0.29) is 11.7 Å². The van der Waals surface area contributed by atoms with Gasteiger partial charge in [0, 0.05) is 0 Å². The van der Waals surface area contributed by atoms with Gasteiger partial charge in [-0.25, -0.2) is 0 Å². The molecular formula is C12H14O. The Labute approximate surface area is 78.8 Å². The fourth-order valence-electron chi connectivity index (χ4n) is 2.58. The fraction of sp³-hybridized carbons (Fsp3) is 0.500. The largest absolute Gasteiger partial charge is 0.355 e. The van der Waals surface area contributed by atoms with E-state index in [1.165, 1.54) is 30.4 Å². The first-order valence-electron chi connectivity index (χ1n) is 5.05. The summed E-state index contributed by atoms with van der Waals surface area (Å²) in [4.78, 5) is 0. The van der Waals surface area contributed by atoms with Crippen LogP contribution in [0, 0.1) is 0 Å². The summed E-state index contributed by atoms with van der Waals surface area (Å²) in [5.41, 5.74) is 2.80. The lowest BCUT2D eigenvalue weighted by molar-refractivity contribution is 0.0235. The normalized spacial score (nSPS) is 41.2. The van der Waals surface area contributed by atoms with Crippen molar-refractivity contribution >= 4 is 0 Å². The summed E-state index contributed by atoms with van der Waals surface area (Å²) in [6.07, 6.45) is 12.9. The van der Waals surface area contributed by atoms with Crippen molar-refractivity contribution in [1.29, 1.82) is 0 Å². The Morgan fingerprint density at radius 1 is 1.46 bits per heavy atom. The van der Waals surface area contributed by atoms with Gasteiger partial charge in [-0.15, -0.1) is 0 Å². The Kier molecular flexibility index (Phi) is 1.37. The molecule has 0 amide bonds. The molecule has 1 saturated carbocycles. The second-order valence-corrected chi connectivity index (χ2v) is 4.24. The van der Waals surface area contributed by atoms with Crippen molar-refractivity contribution in [3.05, 3.63) is 35.5 Å². The zero-order valence-corrected chi connectivity index (χ0v) is 7.92. The third kappa shape index (κ3) is 0.910. The first-order chi connectivity index (χ1) is 6.30. The lowest BCUT2D eigenvalue weighted by Gasteiger charge is -2.24. The number of hydrogen-bond donors (Lipinski definition) is 0. The summed E-state index contributed by atoms with van der Waals surface area (Å²) in [5, 5.41) is 0. The summed E-state index contributed by atoms with van der Waals surface area (Å²) >= 11 is 0. The summed E-state index contributed by atoms with van der Waals surface area (Å²) < 4.78 is 6.10. The van der Waals surface area contributed by atoms with Crippen LogP contribution in [-0.2, 0) is 4.74 Å². The standard InChI is InChI=1S/C12H14O/c1-9-4-5-10-3-2-7-12(10)8-6-11(9)13-12/h4-6,8,11H,2-3,7H2,1H3. The van der Waals surface area contributed by atoms with Crippen LogP contribution >= 0.6 is 0 Å². The van der Waals surface area contributed by atoms with Gasteiger partial charge in [-0.3, -0.25) is 0 Å². The maximum atomic E-state index is 6.10. The Morgan fingerprint density at radius 2 is 2.38 bits per heavy atom. The molecule has 0 aromatic rings. The van der Waals surface area contributed by atoms with Crippen LogP contribution in [0.1, 0.15) is 26.2 Å². The van der Waals surface area contributed by atoms with Crippen LogP contribution in [0.15, 0.2) is 35.5 Å². The zero-order chi connectivity index (χ0) is 8.89. The molecule has 2 aliphatic heterocycles. The Hall–Kier alpha value is -0.820. The Bertz CT molecular complexity index is 335. The number of hydrogen-bond acceptors (Lipinski definition) is 1. The molecule has 1 heteroatoms. The van der Waals surface area contributed by atoms with Crippen LogP contribution in [0.25, 0.3) is 0 Å². The number of ether oxygens (including phenoxy) is 1. The molecule has 0 aromatic carbocycles. The molecule has 0 N–H and O–H groups in total. The highest BCUT2D eigenvalue weighted by molar-refractivity contribution is 5.41. The van der Waals surface area contributed by atoms with Crippen LogP contribution < -0.4 is 0 Å². The summed E-state index contributed by atoms with van der Waals surface area (Å²) in [5.74, 6) is 0. The molecule has 1 nitrogen and oxygen atoms in total. The third-order valence-electron chi connectivity index (χ3n) is 3.41. The van der Waals surface area contributed by atoms with E-state index >= 15 is 0 Å². The predicted octanol–water partition coefficient (Wildman–Crippen LogP) is 2.75. The predicted molar refractivity (Wildman–Crippen MR) is 52.4 cm³/mol. The van der Waals surface area contributed by atoms with Crippen LogP contribution in [0.3, 0.4) is 0 Å². The van der Waals surface area contributed by atoms with Gasteiger partial charge in [-0.05, 0) is 43.4 Å². The van der Waals surface area contributed by atoms with Crippen molar-refractivity contribution in [2.24, 2.45) is 0 Å². The van der Waals surface area contributed by atoms with Crippen molar-refractivity contribution in [1.82, 2.24) is 0 Å². The second kappa shape index (κ2) is 2.36. The number of rotatable bonds is 0. The van der Waals surface area contributed by atoms with E-state index < -0.39 is 0 Å². The van der Waals surface area contributed by atoms with E-state index in [2.05, 4.69) is 31.2 Å². The lowest BCUT2D eigenvalue weighted by Crippen LogP contribution is -2.26. The van der Waals surface area contributed by atoms with Gasteiger partial charge < -0.3 is 4.74 Å². The minimum Gasteiger partial charge on any atom is -0.355 e. The van der Waals surface area contributed by atoms with Crippen LogP contribution in [0.4, 0.5) is 0 Å². The first kappa shape index (κ1) is 7.57. The van der Waals surface area contributed by atoms with E-state index in [1.54, 1.807) is 0 Å². The third-order valence-corrected chi connectivity index (χ3v) is 3.41. The van der Waals surface area contributed by atoms with Crippen molar-refractivity contribution in [3.63, 3.8) is 0 Å². The van der Waals surface area contributed by atoms with Gasteiger partial charge in [0.25, 0.3) is 0 Å². The zero-order valence-electron chi connectivity index (χ0n) is 7.92. The molecule has 1 fully saturated rings. The monoisotopic (exact) mass is 174 g/mol. The topological polar surface area (TPSA) is 9.23 Å². The van der Waals surface area contributed by atoms with Crippen molar-refractivity contribution in [2.75, 3.05) is 0 Å². The molecule has 2 bridgehead atoms. The number of fused-ring (bicyclic) bond motifs is 1. The average Bonchev–Trinajstić information content (AvgIpc) is 2.68. The Balaban J connectivity index is 2.13. The molecule has 0 radical (unpaired) electrons. The van der Waals surface area contributed by atoms with E-state index in [1.807, 2.05) is 0 Å². The molecule has 1 aliphatic carbocycles. The van der Waals surface area contributed by atoms with Crippen LogP contribution in [-0.4, -0.2) is 11.7 Å². The number of allylic oxidation sites excluding steroid dienone is 2. The molecule has 13 heavy (non-hydrogen) atoms. The maximum absolute atomic E-state index is 6.10. The average molecular weight is 174 g/mol. The van der Waals surface area contributed by atoms with E-state index in [0.29, 0.717) is 0 Å². The minimum atomic E-state index is -0.00106. The van der Waals surface area contributed by atoms with E-state index in [9.17, 15) is 0 Å². The van der Waals surface area contributed by atoms with Gasteiger partial charge in [0.15, 0.2) is 0 Å². The minimum absolute atomic E-state index is 0.00106. The molecule has 2 heterocycles. The SMILES string of the molecule is CC1=CC=C2CCCC23C=CC1O3. The highest BCUT2D eigenvalue weighted by Crippen LogP contribution is 2.45. The van der Waals surface area contributed by atoms with Gasteiger partial charge in [-0.1, -0.05) is 18.2 Å². The maximum Gasteiger partial charge on any atom is 0.109 e. The molecule has 0 aromatic heterocycles. The van der Waals surface area contributed by atoms with Gasteiger partial charge >= 0.3 is 0 Å². The Morgan fingerprint density at radius 3 is 3.31 bits per heavy atom. The van der Waals surface area contributed by atoms with E-state index in [0.717, 1.165) is 0 Å². The lowest BCUT2D eigenvalue weighted by atomic mass is 9.96. The van der Waals surface area contributed by atoms with Crippen molar-refractivity contribution in [2.45, 2.75) is 37.9 Å². The van der Waals surface area contributed by atoms with Gasteiger partial charge in [0.1, 0.15) is 5.60 Å². The molecule has 3 rings (SSSR count). The van der Waals surface area contributed by atoms with Crippen molar-refractivity contribution in [3.8, 4) is 0 Å². The van der Waals surface area contributed by atoms with Gasteiger partial charge in [0.05, 0.1) is 6.10 Å². The molecule has 2 atom stereocenters. The molecule has 68 valence electrons. The second-order valence-electron chi connectivity index (χ2n) is 4.24. The van der Waals surface area contributed by atoms with Crippen LogP contribution in [0.5, 0.6) is 0 Å². The quantitative estimate of drug-likeness (QED) is 0.513. The molecule has 1 spiro atoms. The summed E-state index contributed by atoms with van der Waals surface area (Å²) in [7, 11) is 0. The fourth-order valence-corrected chi connectivity index (χ4v) is 2.58. The first-order valence-corrected chi connectivity index (χ1v) is 5.05. The summed E-state index contributed by atoms with van der Waals surface area (Å²) in [6.45, 7) is 2.14. The van der Waals surface area contributed by atoms with Gasteiger partial charge in [-0.2, -0.15) is 0 Å². The van der Waals surface area contributed by atoms with Crippen LogP contribution in [0.2, 0.25) is 0 Å².